The van der Waals surface area contributed by atoms with Gasteiger partial charge in [-0.05, 0) is 30.2 Å². The van der Waals surface area contributed by atoms with Crippen LogP contribution in [0.2, 0.25) is 0 Å². The summed E-state index contributed by atoms with van der Waals surface area (Å²) in [5, 5.41) is 14.5. The maximum atomic E-state index is 13.8. The molecule has 0 bridgehead atoms. The Kier molecular flexibility index (Phi) is 4.17. The van der Waals surface area contributed by atoms with Gasteiger partial charge in [-0.15, -0.1) is 0 Å². The second-order valence-electron chi connectivity index (χ2n) is 5.94. The van der Waals surface area contributed by atoms with E-state index in [0.29, 0.717) is 11.4 Å². The van der Waals surface area contributed by atoms with Crippen LogP contribution >= 0.6 is 0 Å². The summed E-state index contributed by atoms with van der Waals surface area (Å²) in [6.07, 6.45) is 1.85. The van der Waals surface area contributed by atoms with Crippen molar-refractivity contribution in [3.8, 4) is 17.6 Å². The number of rotatable bonds is 4. The van der Waals surface area contributed by atoms with Gasteiger partial charge in [0.15, 0.2) is 11.6 Å². The normalized spacial score (nSPS) is 11.0. The van der Waals surface area contributed by atoms with Gasteiger partial charge in [-0.25, -0.2) is 8.78 Å². The van der Waals surface area contributed by atoms with Crippen LogP contribution in [0.3, 0.4) is 0 Å². The average molecular weight is 327 g/mol. The summed E-state index contributed by atoms with van der Waals surface area (Å²) >= 11 is 0. The number of halogens is 2. The third kappa shape index (κ3) is 3.20. The first-order chi connectivity index (χ1) is 11.5. The molecule has 1 aromatic heterocycles. The maximum Gasteiger partial charge on any atom is 0.168 e. The molecule has 0 aliphatic rings. The van der Waals surface area contributed by atoms with E-state index in [1.807, 2.05) is 12.3 Å². The van der Waals surface area contributed by atoms with Crippen molar-refractivity contribution in [2.24, 2.45) is 5.92 Å². The zero-order valence-electron chi connectivity index (χ0n) is 13.3. The predicted molar refractivity (Wildman–Crippen MR) is 85.7 cm³/mol. The maximum absolute atomic E-state index is 13.8. The molecule has 0 unspecified atom stereocenters. The lowest BCUT2D eigenvalue weighted by atomic mass is 10.1. The largest absolute Gasteiger partial charge is 0.453 e. The van der Waals surface area contributed by atoms with Crippen molar-refractivity contribution in [3.63, 3.8) is 0 Å². The van der Waals surface area contributed by atoms with Crippen molar-refractivity contribution < 1.29 is 13.5 Å². The minimum absolute atomic E-state index is 0.137. The molecular weight excluding hydrogens is 312 g/mol. The van der Waals surface area contributed by atoms with Crippen molar-refractivity contribution in [1.29, 1.82) is 5.26 Å². The summed E-state index contributed by atoms with van der Waals surface area (Å²) in [6.45, 7) is 4.91. The highest BCUT2D eigenvalue weighted by Gasteiger charge is 2.13. The molecule has 0 spiro atoms. The molecule has 0 radical (unpaired) electrons. The average Bonchev–Trinajstić information content (AvgIpc) is 2.89. The highest BCUT2D eigenvalue weighted by Crippen LogP contribution is 2.31. The van der Waals surface area contributed by atoms with E-state index in [-0.39, 0.29) is 17.1 Å². The van der Waals surface area contributed by atoms with Gasteiger partial charge in [0.05, 0.1) is 11.1 Å². The van der Waals surface area contributed by atoms with E-state index >= 15 is 0 Å². The van der Waals surface area contributed by atoms with E-state index in [4.69, 9.17) is 4.74 Å². The summed E-state index contributed by atoms with van der Waals surface area (Å²) in [5.74, 6) is -1.01. The number of hydrogen-bond acceptors (Lipinski definition) is 3. The first-order valence-corrected chi connectivity index (χ1v) is 7.50. The third-order valence-corrected chi connectivity index (χ3v) is 3.44. The topological polar surface area (TPSA) is 50.8 Å². The van der Waals surface area contributed by atoms with Crippen molar-refractivity contribution in [3.05, 3.63) is 53.7 Å². The fourth-order valence-electron chi connectivity index (χ4n) is 2.42. The summed E-state index contributed by atoms with van der Waals surface area (Å²) in [5.41, 5.74) is 0.903. The number of ether oxygens (including phenoxy) is 1. The molecule has 3 aromatic rings. The van der Waals surface area contributed by atoms with Gasteiger partial charge < -0.3 is 4.74 Å². The van der Waals surface area contributed by atoms with Crippen LogP contribution < -0.4 is 4.74 Å². The van der Waals surface area contributed by atoms with Crippen molar-refractivity contribution in [1.82, 2.24) is 9.78 Å². The Morgan fingerprint density at radius 2 is 2.00 bits per heavy atom. The van der Waals surface area contributed by atoms with Gasteiger partial charge >= 0.3 is 0 Å². The van der Waals surface area contributed by atoms with Crippen LogP contribution in [-0.2, 0) is 6.54 Å². The minimum atomic E-state index is -0.825. The predicted octanol–water partition coefficient (Wildman–Crippen LogP) is 4.63. The van der Waals surface area contributed by atoms with Gasteiger partial charge in [0.2, 0.25) is 0 Å². The fraction of sp³-hybridized carbons (Fsp3) is 0.222. The number of benzene rings is 2. The van der Waals surface area contributed by atoms with Crippen LogP contribution in [0.4, 0.5) is 8.78 Å². The first kappa shape index (κ1) is 15.9. The molecule has 4 nitrogen and oxygen atoms in total. The van der Waals surface area contributed by atoms with E-state index in [1.54, 1.807) is 16.8 Å². The van der Waals surface area contributed by atoms with Crippen LogP contribution in [0.5, 0.6) is 11.5 Å². The van der Waals surface area contributed by atoms with Crippen LogP contribution in [0, 0.1) is 28.9 Å². The van der Waals surface area contributed by atoms with Crippen LogP contribution in [0.1, 0.15) is 19.4 Å². The summed E-state index contributed by atoms with van der Waals surface area (Å²) < 4.78 is 34.0. The fourth-order valence-corrected chi connectivity index (χ4v) is 2.42. The van der Waals surface area contributed by atoms with Gasteiger partial charge in [-0.1, -0.05) is 13.8 Å². The van der Waals surface area contributed by atoms with Gasteiger partial charge in [0, 0.05) is 24.2 Å². The molecule has 0 aliphatic carbocycles. The van der Waals surface area contributed by atoms with Crippen LogP contribution in [0.25, 0.3) is 10.9 Å². The summed E-state index contributed by atoms with van der Waals surface area (Å²) in [7, 11) is 0. The molecule has 1 heterocycles. The molecule has 0 fully saturated rings. The lowest BCUT2D eigenvalue weighted by Gasteiger charge is -2.08. The van der Waals surface area contributed by atoms with Gasteiger partial charge in [0.25, 0.3) is 0 Å². The molecule has 0 saturated carbocycles. The van der Waals surface area contributed by atoms with E-state index in [0.717, 1.165) is 24.1 Å². The zero-order valence-corrected chi connectivity index (χ0v) is 13.3. The van der Waals surface area contributed by atoms with Crippen molar-refractivity contribution in [2.45, 2.75) is 20.4 Å². The molecule has 0 amide bonds. The molecule has 3 rings (SSSR count). The molecule has 0 aliphatic heterocycles. The molecule has 6 heteroatoms. The van der Waals surface area contributed by atoms with Crippen molar-refractivity contribution >= 4 is 10.9 Å². The van der Waals surface area contributed by atoms with Gasteiger partial charge in [0.1, 0.15) is 17.6 Å². The van der Waals surface area contributed by atoms with E-state index in [9.17, 15) is 14.0 Å². The summed E-state index contributed by atoms with van der Waals surface area (Å²) in [6, 6.07) is 8.29. The molecular formula is C18H15F2N3O. The Morgan fingerprint density at radius 1 is 1.21 bits per heavy atom. The molecule has 0 atom stereocenters. The number of hydrogen-bond donors (Lipinski definition) is 0. The lowest BCUT2D eigenvalue weighted by molar-refractivity contribution is 0.437. The number of aromatic nitrogens is 2. The Hall–Kier alpha value is -2.94. The van der Waals surface area contributed by atoms with Gasteiger partial charge in [-0.2, -0.15) is 10.4 Å². The quantitative estimate of drug-likeness (QED) is 0.702. The van der Waals surface area contributed by atoms with E-state index in [2.05, 4.69) is 18.9 Å². The number of nitrogens with zero attached hydrogens (tertiary/aromatic N) is 3. The monoisotopic (exact) mass is 327 g/mol. The first-order valence-electron chi connectivity index (χ1n) is 7.50. The van der Waals surface area contributed by atoms with E-state index < -0.39 is 11.6 Å². The molecule has 0 saturated heterocycles. The second-order valence-corrected chi connectivity index (χ2v) is 5.94. The highest BCUT2D eigenvalue weighted by atomic mass is 19.1. The molecule has 2 aromatic carbocycles. The number of nitriles is 1. The molecule has 0 N–H and O–H groups in total. The molecule has 24 heavy (non-hydrogen) atoms. The van der Waals surface area contributed by atoms with E-state index in [1.165, 1.54) is 6.07 Å². The highest BCUT2D eigenvalue weighted by molar-refractivity contribution is 5.82. The Morgan fingerprint density at radius 3 is 2.67 bits per heavy atom. The Labute approximate surface area is 137 Å². The van der Waals surface area contributed by atoms with Gasteiger partial charge in [-0.3, -0.25) is 4.68 Å². The molecule has 122 valence electrons. The second kappa shape index (κ2) is 6.28. The van der Waals surface area contributed by atoms with Crippen LogP contribution in [0.15, 0.2) is 36.5 Å². The van der Waals surface area contributed by atoms with Crippen LogP contribution in [-0.4, -0.2) is 9.78 Å². The third-order valence-electron chi connectivity index (χ3n) is 3.44. The lowest BCUT2D eigenvalue weighted by Crippen LogP contribution is -2.04. The standard InChI is InChI=1S/C18H15F2N3O/c1-11(2)9-23-10-13-6-18(12(8-21)5-16(13)22-23)24-17-4-3-14(19)7-15(17)20/h3-7,10-11H,9H2,1-2H3. The van der Waals surface area contributed by atoms with Crippen molar-refractivity contribution in [2.75, 3.05) is 0 Å². The number of fused-ring (bicyclic) bond motifs is 1. The Bertz CT molecular complexity index is 941. The SMILES string of the molecule is CC(C)Cn1cc2cc(Oc3ccc(F)cc3F)c(C#N)cc2n1. The minimum Gasteiger partial charge on any atom is -0.453 e. The smallest absolute Gasteiger partial charge is 0.168 e. The summed E-state index contributed by atoms with van der Waals surface area (Å²) in [4.78, 5) is 0. The zero-order chi connectivity index (χ0) is 17.3. The Balaban J connectivity index is 2.01.